The highest BCUT2D eigenvalue weighted by atomic mass is 35.5. The van der Waals surface area contributed by atoms with Crippen molar-refractivity contribution in [3.05, 3.63) is 30.6 Å². The molecule has 0 fully saturated rings. The fourth-order valence-corrected chi connectivity index (χ4v) is 3.72. The van der Waals surface area contributed by atoms with Crippen molar-refractivity contribution >= 4 is 11.0 Å². The molecule has 2 nitrogen and oxygen atoms in total. The van der Waals surface area contributed by atoms with E-state index in [1.54, 1.807) is 0 Å². The van der Waals surface area contributed by atoms with Gasteiger partial charge in [-0.15, -0.1) is 0 Å². The van der Waals surface area contributed by atoms with Gasteiger partial charge in [-0.1, -0.05) is 96.1 Å². The minimum absolute atomic E-state index is 0. The van der Waals surface area contributed by atoms with Crippen molar-refractivity contribution in [1.29, 1.82) is 0 Å². The van der Waals surface area contributed by atoms with Crippen molar-refractivity contribution in [1.82, 2.24) is 4.98 Å². The van der Waals surface area contributed by atoms with Gasteiger partial charge in [0, 0.05) is 0 Å². The van der Waals surface area contributed by atoms with Crippen molar-refractivity contribution in [2.45, 2.75) is 103 Å². The molecule has 0 aliphatic heterocycles. The molecule has 1 aromatic heterocycles. The first kappa shape index (κ1) is 23.0. The Morgan fingerprint density at radius 3 is 1.77 bits per heavy atom. The molecule has 26 heavy (non-hydrogen) atoms. The molecular formula is C23H39ClN2. The number of H-pyrrole nitrogens is 1. The molecule has 1 aromatic carbocycles. The maximum atomic E-state index is 3.35. The highest BCUT2D eigenvalue weighted by Gasteiger charge is 2.07. The number of hydrogen-bond acceptors (Lipinski definition) is 0. The molecule has 2 rings (SSSR count). The second-order valence-corrected chi connectivity index (χ2v) is 7.58. The van der Waals surface area contributed by atoms with E-state index in [4.69, 9.17) is 0 Å². The van der Waals surface area contributed by atoms with Crippen LogP contribution < -0.4 is 17.0 Å². The van der Waals surface area contributed by atoms with Gasteiger partial charge in [0.1, 0.15) is 0 Å². The average Bonchev–Trinajstić information content (AvgIpc) is 3.05. The average molecular weight is 379 g/mol. The summed E-state index contributed by atoms with van der Waals surface area (Å²) in [5, 5.41) is 0. The number of nitrogens with one attached hydrogen (secondary N) is 1. The normalized spacial score (nSPS) is 11.0. The third-order valence-corrected chi connectivity index (χ3v) is 5.34. The predicted octanol–water partition coefficient (Wildman–Crippen LogP) is 3.94. The van der Waals surface area contributed by atoms with Gasteiger partial charge in [0.25, 0.3) is 0 Å². The van der Waals surface area contributed by atoms with E-state index in [0.29, 0.717) is 0 Å². The van der Waals surface area contributed by atoms with E-state index in [-0.39, 0.29) is 12.4 Å². The van der Waals surface area contributed by atoms with Crippen molar-refractivity contribution in [3.8, 4) is 0 Å². The molecule has 0 spiro atoms. The number of aryl methyl sites for hydroxylation is 1. The van der Waals surface area contributed by atoms with E-state index in [2.05, 4.69) is 47.1 Å². The number of para-hydroxylation sites is 2. The topological polar surface area (TPSA) is 19.7 Å². The van der Waals surface area contributed by atoms with Crippen LogP contribution >= 0.6 is 0 Å². The summed E-state index contributed by atoms with van der Waals surface area (Å²) in [5.74, 6) is 0. The van der Waals surface area contributed by atoms with Crippen LogP contribution in [0.4, 0.5) is 0 Å². The van der Waals surface area contributed by atoms with Gasteiger partial charge in [0.15, 0.2) is 11.0 Å². The number of rotatable bonds is 15. The first-order valence-corrected chi connectivity index (χ1v) is 10.9. The van der Waals surface area contributed by atoms with Crippen LogP contribution in [0.15, 0.2) is 30.6 Å². The van der Waals surface area contributed by atoms with Crippen LogP contribution in [0.3, 0.4) is 0 Å². The molecule has 0 atom stereocenters. The molecule has 1 N–H and O–H groups in total. The Morgan fingerprint density at radius 1 is 0.692 bits per heavy atom. The van der Waals surface area contributed by atoms with E-state index in [0.717, 1.165) is 6.54 Å². The second-order valence-electron chi connectivity index (χ2n) is 7.58. The van der Waals surface area contributed by atoms with Crippen LogP contribution in [0.25, 0.3) is 11.0 Å². The summed E-state index contributed by atoms with van der Waals surface area (Å²) in [6.45, 7) is 3.43. The lowest BCUT2D eigenvalue weighted by atomic mass is 10.0. The van der Waals surface area contributed by atoms with Crippen molar-refractivity contribution in [2.75, 3.05) is 0 Å². The Morgan fingerprint density at radius 2 is 1.19 bits per heavy atom. The van der Waals surface area contributed by atoms with E-state index < -0.39 is 0 Å². The molecule has 0 radical (unpaired) electrons. The van der Waals surface area contributed by atoms with Gasteiger partial charge in [0.05, 0.1) is 6.54 Å². The molecule has 0 amide bonds. The smallest absolute Gasteiger partial charge is 0.242 e. The quantitative estimate of drug-likeness (QED) is 0.357. The summed E-state index contributed by atoms with van der Waals surface area (Å²) in [5.41, 5.74) is 2.57. The molecule has 0 bridgehead atoms. The Hall–Kier alpha value is -1.02. The Bertz CT molecular complexity index is 564. The standard InChI is InChI=1S/C23H38N2.ClH/c1-2-3-4-5-6-7-8-9-10-11-12-13-14-17-20-25-21-24-22-18-15-16-19-23(22)25;/h15-16,18-19,21H,2-14,17,20H2,1H3;1H. The number of imidazole rings is 1. The van der Waals surface area contributed by atoms with E-state index in [9.17, 15) is 0 Å². The molecule has 0 unspecified atom stereocenters. The summed E-state index contributed by atoms with van der Waals surface area (Å²) >= 11 is 0. The molecule has 3 heteroatoms. The maximum absolute atomic E-state index is 3.35. The number of aromatic nitrogens is 2. The van der Waals surface area contributed by atoms with E-state index >= 15 is 0 Å². The molecule has 148 valence electrons. The number of fused-ring (bicyclic) bond motifs is 1. The minimum Gasteiger partial charge on any atom is -1.00 e. The molecular weight excluding hydrogens is 340 g/mol. The first-order chi connectivity index (χ1) is 12.4. The van der Waals surface area contributed by atoms with Gasteiger partial charge < -0.3 is 12.4 Å². The molecule has 0 saturated carbocycles. The zero-order valence-electron chi connectivity index (χ0n) is 16.8. The predicted molar refractivity (Wildman–Crippen MR) is 109 cm³/mol. The molecule has 0 aliphatic rings. The molecule has 0 aliphatic carbocycles. The zero-order chi connectivity index (χ0) is 17.6. The highest BCUT2D eigenvalue weighted by molar-refractivity contribution is 5.70. The monoisotopic (exact) mass is 378 g/mol. The van der Waals surface area contributed by atoms with Gasteiger partial charge in [-0.05, 0) is 25.0 Å². The van der Waals surface area contributed by atoms with Crippen LogP contribution in [-0.4, -0.2) is 4.98 Å². The van der Waals surface area contributed by atoms with E-state index in [1.165, 1.54) is 101 Å². The number of unbranched alkanes of at least 4 members (excludes halogenated alkanes) is 13. The summed E-state index contributed by atoms with van der Waals surface area (Å²) in [7, 11) is 0. The van der Waals surface area contributed by atoms with Crippen molar-refractivity contribution in [3.63, 3.8) is 0 Å². The van der Waals surface area contributed by atoms with Crippen molar-refractivity contribution in [2.24, 2.45) is 0 Å². The second kappa shape index (κ2) is 15.1. The SMILES string of the molecule is CCCCCCCCCCCCCCCC[n+]1c[nH]c2ccccc21.[Cl-]. The highest BCUT2D eigenvalue weighted by Crippen LogP contribution is 2.13. The third kappa shape index (κ3) is 9.07. The number of nitrogens with zero attached hydrogens (tertiary/aromatic N) is 1. The van der Waals surface area contributed by atoms with Gasteiger partial charge in [0.2, 0.25) is 6.33 Å². The van der Waals surface area contributed by atoms with Crippen LogP contribution in [0.1, 0.15) is 96.8 Å². The third-order valence-electron chi connectivity index (χ3n) is 5.34. The number of aromatic amines is 1. The summed E-state index contributed by atoms with van der Waals surface area (Å²) in [4.78, 5) is 3.35. The number of halogens is 1. The largest absolute Gasteiger partial charge is 1.00 e. The number of benzene rings is 1. The van der Waals surface area contributed by atoms with Crippen LogP contribution in [-0.2, 0) is 6.54 Å². The van der Waals surface area contributed by atoms with Gasteiger partial charge in [-0.2, -0.15) is 0 Å². The summed E-state index contributed by atoms with van der Waals surface area (Å²) < 4.78 is 2.36. The molecule has 1 heterocycles. The van der Waals surface area contributed by atoms with Crippen LogP contribution in [0, 0.1) is 0 Å². The fourth-order valence-electron chi connectivity index (χ4n) is 3.72. The Labute approximate surface area is 167 Å². The van der Waals surface area contributed by atoms with E-state index in [1.807, 2.05) is 0 Å². The first-order valence-electron chi connectivity index (χ1n) is 10.9. The number of hydrogen-bond donors (Lipinski definition) is 1. The summed E-state index contributed by atoms with van der Waals surface area (Å²) in [6.07, 6.45) is 22.0. The molecule has 0 saturated heterocycles. The lowest BCUT2D eigenvalue weighted by Gasteiger charge is -2.03. The van der Waals surface area contributed by atoms with Gasteiger partial charge in [-0.25, -0.2) is 9.55 Å². The Balaban J connectivity index is 0.00000338. The van der Waals surface area contributed by atoms with Gasteiger partial charge in [-0.3, -0.25) is 0 Å². The minimum atomic E-state index is 0. The van der Waals surface area contributed by atoms with Crippen LogP contribution in [0.2, 0.25) is 0 Å². The Kier molecular flexibility index (Phi) is 13.4. The summed E-state index contributed by atoms with van der Waals surface area (Å²) in [6, 6.07) is 8.57. The fraction of sp³-hybridized carbons (Fsp3) is 0.696. The van der Waals surface area contributed by atoms with Crippen molar-refractivity contribution < 1.29 is 17.0 Å². The van der Waals surface area contributed by atoms with Gasteiger partial charge >= 0.3 is 0 Å². The molecule has 2 aromatic rings. The lowest BCUT2D eigenvalue weighted by Crippen LogP contribution is -3.00. The zero-order valence-corrected chi connectivity index (χ0v) is 17.6. The lowest BCUT2D eigenvalue weighted by molar-refractivity contribution is -0.671. The maximum Gasteiger partial charge on any atom is 0.242 e. The van der Waals surface area contributed by atoms with Crippen LogP contribution in [0.5, 0.6) is 0 Å².